The van der Waals surface area contributed by atoms with Crippen molar-refractivity contribution in [1.82, 2.24) is 10.3 Å². The zero-order chi connectivity index (χ0) is 19.9. The molecule has 0 saturated carbocycles. The van der Waals surface area contributed by atoms with E-state index in [1.807, 2.05) is 54.7 Å². The van der Waals surface area contributed by atoms with Gasteiger partial charge in [0.1, 0.15) is 0 Å². The third-order valence-electron chi connectivity index (χ3n) is 4.64. The number of aromatic nitrogens is 1. The molecule has 1 aromatic heterocycles. The Morgan fingerprint density at radius 2 is 1.82 bits per heavy atom. The Morgan fingerprint density at radius 3 is 2.61 bits per heavy atom. The molecule has 3 aromatic rings. The summed E-state index contributed by atoms with van der Waals surface area (Å²) in [5.74, 6) is -0.668. The van der Waals surface area contributed by atoms with Crippen LogP contribution in [0.15, 0.2) is 54.7 Å². The van der Waals surface area contributed by atoms with E-state index in [0.29, 0.717) is 18.2 Å². The van der Waals surface area contributed by atoms with E-state index in [1.165, 1.54) is 0 Å². The maximum Gasteiger partial charge on any atom is 0.306 e. The van der Waals surface area contributed by atoms with Gasteiger partial charge in [0, 0.05) is 41.0 Å². The van der Waals surface area contributed by atoms with E-state index in [2.05, 4.69) is 10.3 Å². The van der Waals surface area contributed by atoms with Gasteiger partial charge in [-0.25, -0.2) is 0 Å². The standard InChI is InChI=1S/C22H23ClN2O3/c1-2-28-22(27)12-11-21(26)25-14-17(15-7-3-5-9-19(15)23)18-13-24-20-10-6-4-8-16(18)20/h3-10,13,17,24H,2,11-12,14H2,1H3,(H,25,26)/t17-/m1/s1. The predicted octanol–water partition coefficient (Wildman–Crippen LogP) is 4.41. The number of nitrogens with one attached hydrogen (secondary N) is 2. The molecule has 2 aromatic carbocycles. The predicted molar refractivity (Wildman–Crippen MR) is 110 cm³/mol. The lowest BCUT2D eigenvalue weighted by molar-refractivity contribution is -0.144. The number of rotatable bonds is 8. The molecule has 146 valence electrons. The fourth-order valence-electron chi connectivity index (χ4n) is 3.28. The van der Waals surface area contributed by atoms with Crippen molar-refractivity contribution in [3.63, 3.8) is 0 Å². The van der Waals surface area contributed by atoms with E-state index in [0.717, 1.165) is 22.0 Å². The normalized spacial score (nSPS) is 11.9. The molecule has 0 aliphatic carbocycles. The molecule has 3 rings (SSSR count). The first-order valence-corrected chi connectivity index (χ1v) is 9.70. The van der Waals surface area contributed by atoms with Crippen LogP contribution in [0.4, 0.5) is 0 Å². The van der Waals surface area contributed by atoms with E-state index in [4.69, 9.17) is 16.3 Å². The zero-order valence-corrected chi connectivity index (χ0v) is 16.5. The number of H-pyrrole nitrogens is 1. The van der Waals surface area contributed by atoms with Crippen LogP contribution in [0.1, 0.15) is 36.8 Å². The van der Waals surface area contributed by atoms with Crippen molar-refractivity contribution in [3.8, 4) is 0 Å². The van der Waals surface area contributed by atoms with Crippen LogP contribution in [0.2, 0.25) is 5.02 Å². The largest absolute Gasteiger partial charge is 0.466 e. The van der Waals surface area contributed by atoms with Crippen LogP contribution in [0, 0.1) is 0 Å². The molecule has 6 heteroatoms. The third kappa shape index (κ3) is 4.73. The summed E-state index contributed by atoms with van der Waals surface area (Å²) in [6.45, 7) is 2.44. The minimum atomic E-state index is -0.364. The molecule has 0 spiro atoms. The number of carbonyl (C=O) groups is 2. The number of aromatic amines is 1. The second-order valence-corrected chi connectivity index (χ2v) is 6.88. The molecular formula is C22H23ClN2O3. The molecule has 2 N–H and O–H groups in total. The number of halogens is 1. The van der Waals surface area contributed by atoms with Crippen molar-refractivity contribution in [3.05, 3.63) is 70.9 Å². The Bertz CT molecular complexity index is 967. The number of esters is 1. The van der Waals surface area contributed by atoms with E-state index in [9.17, 15) is 9.59 Å². The number of ether oxygens (including phenoxy) is 1. The second-order valence-electron chi connectivity index (χ2n) is 6.47. The molecular weight excluding hydrogens is 376 g/mol. The zero-order valence-electron chi connectivity index (χ0n) is 15.7. The SMILES string of the molecule is CCOC(=O)CCC(=O)NC[C@H](c1ccccc1Cl)c1c[nH]c2ccccc12. The Hall–Kier alpha value is -2.79. The Morgan fingerprint density at radius 1 is 1.07 bits per heavy atom. The van der Waals surface area contributed by atoms with Crippen molar-refractivity contribution < 1.29 is 14.3 Å². The molecule has 28 heavy (non-hydrogen) atoms. The van der Waals surface area contributed by atoms with Crippen LogP contribution in [0.3, 0.4) is 0 Å². The van der Waals surface area contributed by atoms with E-state index >= 15 is 0 Å². The molecule has 1 atom stereocenters. The Labute approximate surface area is 169 Å². The van der Waals surface area contributed by atoms with Crippen molar-refractivity contribution in [2.75, 3.05) is 13.2 Å². The van der Waals surface area contributed by atoms with Gasteiger partial charge in [-0.2, -0.15) is 0 Å². The first-order chi connectivity index (χ1) is 13.6. The number of para-hydroxylation sites is 1. The summed E-state index contributed by atoms with van der Waals surface area (Å²) in [5.41, 5.74) is 3.04. The van der Waals surface area contributed by atoms with Crippen molar-refractivity contribution in [2.45, 2.75) is 25.7 Å². The van der Waals surface area contributed by atoms with Crippen LogP contribution in [0.25, 0.3) is 10.9 Å². The van der Waals surface area contributed by atoms with Crippen LogP contribution in [-0.2, 0) is 14.3 Å². The quantitative estimate of drug-likeness (QED) is 0.552. The highest BCUT2D eigenvalue weighted by Crippen LogP contribution is 2.34. The van der Waals surface area contributed by atoms with E-state index < -0.39 is 0 Å². The lowest BCUT2D eigenvalue weighted by Crippen LogP contribution is -2.29. The van der Waals surface area contributed by atoms with Gasteiger partial charge in [-0.15, -0.1) is 0 Å². The summed E-state index contributed by atoms with van der Waals surface area (Å²) in [4.78, 5) is 27.0. The second kappa shape index (κ2) is 9.42. The average Bonchev–Trinajstić information content (AvgIpc) is 3.12. The number of amides is 1. The fourth-order valence-corrected chi connectivity index (χ4v) is 3.55. The highest BCUT2D eigenvalue weighted by Gasteiger charge is 2.21. The van der Waals surface area contributed by atoms with Gasteiger partial charge in [0.15, 0.2) is 0 Å². The molecule has 0 unspecified atom stereocenters. The van der Waals surface area contributed by atoms with Crippen molar-refractivity contribution in [1.29, 1.82) is 0 Å². The number of hydrogen-bond donors (Lipinski definition) is 2. The molecule has 0 bridgehead atoms. The van der Waals surface area contributed by atoms with Gasteiger partial charge < -0.3 is 15.0 Å². The smallest absolute Gasteiger partial charge is 0.306 e. The van der Waals surface area contributed by atoms with Crippen LogP contribution in [-0.4, -0.2) is 30.0 Å². The summed E-state index contributed by atoms with van der Waals surface area (Å²) in [6.07, 6.45) is 2.13. The lowest BCUT2D eigenvalue weighted by atomic mass is 9.90. The van der Waals surface area contributed by atoms with Gasteiger partial charge in [0.05, 0.1) is 13.0 Å². The average molecular weight is 399 g/mol. The molecule has 0 radical (unpaired) electrons. The van der Waals surface area contributed by atoms with Gasteiger partial charge >= 0.3 is 5.97 Å². The first-order valence-electron chi connectivity index (χ1n) is 9.33. The van der Waals surface area contributed by atoms with Crippen LogP contribution < -0.4 is 5.32 Å². The third-order valence-corrected chi connectivity index (χ3v) is 4.99. The fraction of sp³-hybridized carbons (Fsp3) is 0.273. The number of fused-ring (bicyclic) bond motifs is 1. The van der Waals surface area contributed by atoms with Crippen molar-refractivity contribution >= 4 is 34.4 Å². The van der Waals surface area contributed by atoms with Crippen LogP contribution >= 0.6 is 11.6 Å². The maximum atomic E-state index is 12.2. The maximum absolute atomic E-state index is 12.2. The molecule has 1 amide bonds. The number of benzene rings is 2. The topological polar surface area (TPSA) is 71.2 Å². The minimum absolute atomic E-state index is 0.0729. The molecule has 0 aliphatic rings. The van der Waals surface area contributed by atoms with Gasteiger partial charge in [0.25, 0.3) is 0 Å². The molecule has 0 fully saturated rings. The summed E-state index contributed by atoms with van der Waals surface area (Å²) in [5, 5.41) is 4.68. The van der Waals surface area contributed by atoms with Gasteiger partial charge in [0.2, 0.25) is 5.91 Å². The Balaban J connectivity index is 1.79. The highest BCUT2D eigenvalue weighted by molar-refractivity contribution is 6.31. The van der Waals surface area contributed by atoms with Gasteiger partial charge in [-0.3, -0.25) is 9.59 Å². The lowest BCUT2D eigenvalue weighted by Gasteiger charge is -2.19. The first kappa shape index (κ1) is 20.0. The summed E-state index contributed by atoms with van der Waals surface area (Å²) in [7, 11) is 0. The van der Waals surface area contributed by atoms with Gasteiger partial charge in [-0.1, -0.05) is 48.0 Å². The summed E-state index contributed by atoms with van der Waals surface area (Å²) < 4.78 is 4.87. The molecule has 0 aliphatic heterocycles. The molecule has 0 saturated heterocycles. The number of hydrogen-bond acceptors (Lipinski definition) is 3. The molecule has 1 heterocycles. The Kier molecular flexibility index (Phi) is 6.71. The van der Waals surface area contributed by atoms with Crippen molar-refractivity contribution in [2.24, 2.45) is 0 Å². The molecule has 5 nitrogen and oxygen atoms in total. The highest BCUT2D eigenvalue weighted by atomic mass is 35.5. The summed E-state index contributed by atoms with van der Waals surface area (Å²) in [6, 6.07) is 15.7. The monoisotopic (exact) mass is 398 g/mol. The summed E-state index contributed by atoms with van der Waals surface area (Å²) >= 11 is 6.46. The van der Waals surface area contributed by atoms with Crippen LogP contribution in [0.5, 0.6) is 0 Å². The minimum Gasteiger partial charge on any atom is -0.466 e. The van der Waals surface area contributed by atoms with E-state index in [-0.39, 0.29) is 30.6 Å². The number of carbonyl (C=O) groups excluding carboxylic acids is 2. The van der Waals surface area contributed by atoms with Gasteiger partial charge in [-0.05, 0) is 30.2 Å². The van der Waals surface area contributed by atoms with E-state index in [1.54, 1.807) is 6.92 Å².